The summed E-state index contributed by atoms with van der Waals surface area (Å²) in [6.07, 6.45) is 1.18. The average molecular weight is 1330 g/mol. The van der Waals surface area contributed by atoms with Crippen LogP contribution in [-0.2, 0) is 49.7 Å². The third kappa shape index (κ3) is 26.3. The number of amides is 5. The SMILES string of the molecule is COc1ccc(CC(=O)[C@@H](CCCN=C(N)N)NC(=O)c2cc(CC(=O)[C@@H](CCCN=C(N)N)NC(=O)c3cc(CC(=O)[C@@H](CCCN=C(N)N)NC(=O)c4cc(CC(=O)[C@@H](C)NC(=O)CCCCN=C(N)N)ccc4OC)ccc3OC)ccc2OC)cc1C(=O)NCCN. The second-order valence-electron chi connectivity index (χ2n) is 22.2. The molecule has 31 heteroatoms. The van der Waals surface area contributed by atoms with Crippen molar-refractivity contribution in [1.82, 2.24) is 26.6 Å². The summed E-state index contributed by atoms with van der Waals surface area (Å²) in [6, 6.07) is 14.0. The van der Waals surface area contributed by atoms with E-state index in [1.54, 1.807) is 37.3 Å². The number of nitrogens with one attached hydrogen (secondary N) is 5. The Kier molecular flexibility index (Phi) is 32.6. The van der Waals surface area contributed by atoms with Gasteiger partial charge in [-0.25, -0.2) is 0 Å². The fraction of sp³-hybridized carbons (Fsp3) is 0.431. The summed E-state index contributed by atoms with van der Waals surface area (Å²) in [4.78, 5) is 141. The van der Waals surface area contributed by atoms with Gasteiger partial charge in [0.15, 0.2) is 47.0 Å². The molecule has 5 amide bonds. The molecule has 4 rings (SSSR count). The molecule has 0 saturated carbocycles. The highest BCUT2D eigenvalue weighted by molar-refractivity contribution is 6.04. The molecule has 4 aromatic rings. The number of nitrogens with two attached hydrogens (primary N) is 9. The van der Waals surface area contributed by atoms with Crippen LogP contribution < -0.4 is 97.1 Å². The van der Waals surface area contributed by atoms with Crippen LogP contribution in [-0.4, -0.2) is 168 Å². The van der Waals surface area contributed by atoms with E-state index in [9.17, 15) is 43.2 Å². The van der Waals surface area contributed by atoms with E-state index in [1.165, 1.54) is 70.9 Å². The third-order valence-corrected chi connectivity index (χ3v) is 14.9. The van der Waals surface area contributed by atoms with Crippen molar-refractivity contribution in [3.05, 3.63) is 117 Å². The van der Waals surface area contributed by atoms with E-state index in [2.05, 4.69) is 46.6 Å². The van der Waals surface area contributed by atoms with Crippen molar-refractivity contribution >= 4 is 76.5 Å². The van der Waals surface area contributed by atoms with Crippen molar-refractivity contribution in [3.8, 4) is 23.0 Å². The number of benzene rings is 4. The number of hydrogen-bond donors (Lipinski definition) is 14. The van der Waals surface area contributed by atoms with Crippen LogP contribution in [0.2, 0.25) is 0 Å². The number of guanidine groups is 4. The zero-order chi connectivity index (χ0) is 70.9. The Morgan fingerprint density at radius 1 is 0.396 bits per heavy atom. The van der Waals surface area contributed by atoms with Crippen LogP contribution in [0.15, 0.2) is 92.8 Å². The molecule has 31 nitrogen and oxygen atoms in total. The lowest BCUT2D eigenvalue weighted by atomic mass is 9.96. The quantitative estimate of drug-likeness (QED) is 0.0149. The van der Waals surface area contributed by atoms with Gasteiger partial charge in [-0.05, 0) is 129 Å². The van der Waals surface area contributed by atoms with Gasteiger partial charge in [0.05, 0.1) is 74.9 Å². The van der Waals surface area contributed by atoms with Crippen molar-refractivity contribution in [2.45, 2.75) is 115 Å². The van der Waals surface area contributed by atoms with Gasteiger partial charge in [0.2, 0.25) is 5.91 Å². The van der Waals surface area contributed by atoms with Crippen molar-refractivity contribution in [3.63, 3.8) is 0 Å². The molecule has 4 atom stereocenters. The first-order chi connectivity index (χ1) is 45.8. The average Bonchev–Trinajstić information content (AvgIpc) is 0.880. The van der Waals surface area contributed by atoms with Crippen molar-refractivity contribution < 1.29 is 62.1 Å². The van der Waals surface area contributed by atoms with E-state index in [4.69, 9.17) is 70.6 Å². The van der Waals surface area contributed by atoms with E-state index >= 15 is 0 Å². The molecule has 0 aliphatic rings. The molecule has 0 aliphatic carbocycles. The maximum atomic E-state index is 14.5. The number of hydrogen-bond acceptors (Lipinski definition) is 18. The Hall–Kier alpha value is -10.9. The van der Waals surface area contributed by atoms with Crippen LogP contribution in [0, 0.1) is 0 Å². The molecule has 0 aliphatic heterocycles. The fourth-order valence-electron chi connectivity index (χ4n) is 9.94. The van der Waals surface area contributed by atoms with Gasteiger partial charge >= 0.3 is 0 Å². The first-order valence-electron chi connectivity index (χ1n) is 31.0. The molecule has 0 fully saturated rings. The molecule has 0 radical (unpaired) electrons. The minimum atomic E-state index is -1.19. The maximum Gasteiger partial charge on any atom is 0.255 e. The first kappa shape index (κ1) is 77.6. The molecule has 0 aromatic heterocycles. The van der Waals surface area contributed by atoms with Crippen LogP contribution in [0.3, 0.4) is 0 Å². The van der Waals surface area contributed by atoms with Crippen molar-refractivity contribution in [2.75, 3.05) is 67.7 Å². The second kappa shape index (κ2) is 40.3. The summed E-state index contributed by atoms with van der Waals surface area (Å²) in [5.41, 5.74) is 51.4. The highest BCUT2D eigenvalue weighted by Gasteiger charge is 2.29. The Morgan fingerprint density at radius 3 is 0.979 bits per heavy atom. The normalized spacial score (nSPS) is 11.9. The zero-order valence-corrected chi connectivity index (χ0v) is 55.0. The number of Topliss-reactive ketones (excluding diaryl/α,β-unsaturated/α-hetero) is 4. The van der Waals surface area contributed by atoms with E-state index < -0.39 is 65.1 Å². The zero-order valence-electron chi connectivity index (χ0n) is 55.0. The monoisotopic (exact) mass is 1330 g/mol. The van der Waals surface area contributed by atoms with E-state index in [0.717, 1.165) is 0 Å². The molecule has 96 heavy (non-hydrogen) atoms. The molecule has 4 aromatic carbocycles. The van der Waals surface area contributed by atoms with Gasteiger partial charge in [-0.2, -0.15) is 0 Å². The summed E-state index contributed by atoms with van der Waals surface area (Å²) >= 11 is 0. The van der Waals surface area contributed by atoms with Crippen LogP contribution in [0.25, 0.3) is 0 Å². The van der Waals surface area contributed by atoms with Gasteiger partial charge in [0, 0.05) is 71.4 Å². The number of rotatable bonds is 43. The predicted octanol–water partition coefficient (Wildman–Crippen LogP) is -0.639. The van der Waals surface area contributed by atoms with Gasteiger partial charge in [0.1, 0.15) is 23.0 Å². The summed E-state index contributed by atoms with van der Waals surface area (Å²) in [7, 11) is 5.44. The Labute approximate surface area is 557 Å². The molecule has 0 saturated heterocycles. The van der Waals surface area contributed by atoms with Crippen molar-refractivity contribution in [2.24, 2.45) is 71.6 Å². The molecular weight excluding hydrogens is 1240 g/mol. The van der Waals surface area contributed by atoms with Gasteiger partial charge in [-0.15, -0.1) is 0 Å². The number of carbonyl (C=O) groups is 9. The number of nitrogens with zero attached hydrogens (tertiary/aromatic N) is 4. The van der Waals surface area contributed by atoms with Gasteiger partial charge in [-0.1, -0.05) is 24.3 Å². The standard InChI is InChI=1S/C65H92N18O13/c1-37(80-57(88)14-6-7-24-76-62(67)68)49(84)33-38-15-20-54(94-3)43(30-38)59(90)81-47(12-9-26-78-64(71)72)51(86)35-40-17-22-56(96-5)45(32-40)61(92)83-48(13-10-27-79-65(73)74)52(87)36-41-18-21-55(95-4)44(31-41)60(91)82-46(11-8-25-77-63(69)70)50(85)34-39-16-19-53(93-2)42(29-39)58(89)75-28-23-66/h15-22,29-32,37,46-48H,6-14,23-28,33-36,66H2,1-5H3,(H,75,89)(H,80,88)(H,81,90)(H,82,91)(H,83,92)(H4,67,68,76)(H4,69,70,77)(H4,71,72,78)(H4,73,74,79)/t37-,46-,47-,48-/m1/s1. The van der Waals surface area contributed by atoms with E-state index in [0.29, 0.717) is 41.6 Å². The Balaban J connectivity index is 1.59. The fourth-order valence-corrected chi connectivity index (χ4v) is 9.94. The van der Waals surface area contributed by atoms with Gasteiger partial charge < -0.3 is 97.1 Å². The minimum absolute atomic E-state index is 0.0157. The lowest BCUT2D eigenvalue weighted by Crippen LogP contribution is -2.42. The highest BCUT2D eigenvalue weighted by Crippen LogP contribution is 2.27. The van der Waals surface area contributed by atoms with E-state index in [-0.39, 0.29) is 184 Å². The Morgan fingerprint density at radius 2 is 0.688 bits per heavy atom. The number of methoxy groups -OCH3 is 4. The minimum Gasteiger partial charge on any atom is -0.496 e. The molecule has 0 unspecified atom stereocenters. The topological polar surface area (TPSA) is 534 Å². The molecule has 0 bridgehead atoms. The molecule has 0 spiro atoms. The van der Waals surface area contributed by atoms with Crippen LogP contribution >= 0.6 is 0 Å². The highest BCUT2D eigenvalue weighted by atomic mass is 16.5. The van der Waals surface area contributed by atoms with Crippen LogP contribution in [0.1, 0.15) is 128 Å². The summed E-state index contributed by atoms with van der Waals surface area (Å²) in [6.45, 7) is 2.67. The summed E-state index contributed by atoms with van der Waals surface area (Å²) in [5.74, 6) is -4.64. The molecule has 23 N–H and O–H groups in total. The maximum absolute atomic E-state index is 14.5. The summed E-state index contributed by atoms with van der Waals surface area (Å²) in [5, 5.41) is 13.8. The van der Waals surface area contributed by atoms with Crippen LogP contribution in [0.5, 0.6) is 23.0 Å². The van der Waals surface area contributed by atoms with Gasteiger partial charge in [0.25, 0.3) is 23.6 Å². The lowest BCUT2D eigenvalue weighted by molar-refractivity contribution is -0.127. The molecular formula is C65H92N18O13. The largest absolute Gasteiger partial charge is 0.496 e. The third-order valence-electron chi connectivity index (χ3n) is 14.9. The number of ether oxygens (including phenoxy) is 4. The first-order valence-corrected chi connectivity index (χ1v) is 31.0. The number of ketones is 4. The summed E-state index contributed by atoms with van der Waals surface area (Å²) < 4.78 is 22.1. The van der Waals surface area contributed by atoms with Crippen LogP contribution in [0.4, 0.5) is 0 Å². The number of carbonyl (C=O) groups excluding carboxylic acids is 9. The number of unbranched alkanes of at least 4 members (excludes halogenated alkanes) is 1. The predicted molar refractivity (Wildman–Crippen MR) is 364 cm³/mol. The second-order valence-corrected chi connectivity index (χ2v) is 22.2. The lowest BCUT2D eigenvalue weighted by Gasteiger charge is -2.21. The molecule has 0 heterocycles. The Bertz CT molecular complexity index is 3490. The smallest absolute Gasteiger partial charge is 0.255 e. The van der Waals surface area contributed by atoms with E-state index in [1.807, 2.05) is 0 Å². The van der Waals surface area contributed by atoms with Gasteiger partial charge in [-0.3, -0.25) is 63.1 Å². The van der Waals surface area contributed by atoms with Crippen molar-refractivity contribution in [1.29, 1.82) is 0 Å². The number of aliphatic imine (C=N–C) groups is 4. The molecule has 520 valence electrons.